The summed E-state index contributed by atoms with van der Waals surface area (Å²) in [5.74, 6) is -4.19. The van der Waals surface area contributed by atoms with E-state index in [1.807, 2.05) is 18.2 Å². The molecule has 11 heteroatoms. The van der Waals surface area contributed by atoms with Gasteiger partial charge in [-0.2, -0.15) is 18.3 Å². The molecule has 0 radical (unpaired) electrons. The number of carboxylic acid groups (broad SMARTS) is 1. The topological polar surface area (TPSA) is 84.2 Å². The van der Waals surface area contributed by atoms with Crippen molar-refractivity contribution in [3.05, 3.63) is 83.2 Å². The van der Waals surface area contributed by atoms with E-state index in [1.54, 1.807) is 18.3 Å². The fraction of sp³-hybridized carbons (Fsp3) is 0.227. The normalized spacial score (nSPS) is 15.1. The van der Waals surface area contributed by atoms with Gasteiger partial charge in [-0.15, -0.1) is 0 Å². The Balaban J connectivity index is 0.000000383. The number of carboxylic acids is 1. The Bertz CT molecular complexity index is 1150. The second-order valence-electron chi connectivity index (χ2n) is 7.14. The van der Waals surface area contributed by atoms with Gasteiger partial charge >= 0.3 is 12.1 Å². The average Bonchev–Trinajstić information content (AvgIpc) is 3.19. The highest BCUT2D eigenvalue weighted by Gasteiger charge is 2.38. The van der Waals surface area contributed by atoms with Crippen molar-refractivity contribution in [2.24, 2.45) is 0 Å². The van der Waals surface area contributed by atoms with E-state index in [0.29, 0.717) is 5.56 Å². The lowest BCUT2D eigenvalue weighted by molar-refractivity contribution is -0.192. The van der Waals surface area contributed by atoms with E-state index in [1.165, 1.54) is 16.8 Å². The lowest BCUT2D eigenvalue weighted by Crippen LogP contribution is -2.31. The minimum atomic E-state index is -5.08. The summed E-state index contributed by atoms with van der Waals surface area (Å²) in [6.07, 6.45) is -1.05. The summed E-state index contributed by atoms with van der Waals surface area (Å²) in [4.78, 5) is 21.3. The molecule has 1 amide bonds. The van der Waals surface area contributed by atoms with Crippen molar-refractivity contribution < 1.29 is 36.6 Å². The molecule has 33 heavy (non-hydrogen) atoms. The lowest BCUT2D eigenvalue weighted by atomic mass is 9.92. The Morgan fingerprint density at radius 1 is 1.09 bits per heavy atom. The first-order valence-electron chi connectivity index (χ1n) is 9.76. The highest BCUT2D eigenvalue weighted by Crippen LogP contribution is 2.32. The summed E-state index contributed by atoms with van der Waals surface area (Å²) in [6, 6.07) is 12.3. The molecule has 0 saturated heterocycles. The number of fused-ring (bicyclic) bond motifs is 1. The van der Waals surface area contributed by atoms with Gasteiger partial charge < -0.3 is 10.4 Å². The molecule has 1 unspecified atom stereocenters. The van der Waals surface area contributed by atoms with Crippen LogP contribution in [0.5, 0.6) is 0 Å². The molecule has 6 nitrogen and oxygen atoms in total. The lowest BCUT2D eigenvalue weighted by Gasteiger charge is -2.24. The summed E-state index contributed by atoms with van der Waals surface area (Å²) >= 11 is 0. The fourth-order valence-corrected chi connectivity index (χ4v) is 3.40. The summed E-state index contributed by atoms with van der Waals surface area (Å²) in [6.45, 7) is 0. The standard InChI is InChI=1S/C20H17F2N3O.C2HF3O2/c21-14-9-10-19(16(22)11-14)25-18-8-4-7-17(15(18)12-23-25)24-20(26)13-5-2-1-3-6-13;3-2(4,5)1(6)7/h1-3,5-6,9-12,17H,4,7-8H2,(H,24,26);(H,6,7). The summed E-state index contributed by atoms with van der Waals surface area (Å²) in [5.41, 5.74) is 2.53. The number of aromatic nitrogens is 2. The van der Waals surface area contributed by atoms with Crippen molar-refractivity contribution in [2.45, 2.75) is 31.5 Å². The van der Waals surface area contributed by atoms with Crippen molar-refractivity contribution in [2.75, 3.05) is 0 Å². The van der Waals surface area contributed by atoms with Gasteiger partial charge in [-0.3, -0.25) is 4.79 Å². The molecule has 1 aliphatic carbocycles. The number of carbonyl (C=O) groups is 2. The molecule has 1 heterocycles. The maximum atomic E-state index is 14.1. The van der Waals surface area contributed by atoms with Crippen LogP contribution in [-0.2, 0) is 11.2 Å². The summed E-state index contributed by atoms with van der Waals surface area (Å²) in [7, 11) is 0. The molecule has 0 aliphatic heterocycles. The van der Waals surface area contributed by atoms with Gasteiger partial charge in [0.1, 0.15) is 11.5 Å². The van der Waals surface area contributed by atoms with Crippen LogP contribution in [0.3, 0.4) is 0 Å². The molecule has 1 aliphatic rings. The molecular weight excluding hydrogens is 449 g/mol. The molecule has 4 rings (SSSR count). The van der Waals surface area contributed by atoms with Crippen LogP contribution < -0.4 is 5.32 Å². The van der Waals surface area contributed by atoms with Crippen molar-refractivity contribution in [1.29, 1.82) is 0 Å². The average molecular weight is 467 g/mol. The molecule has 0 spiro atoms. The molecule has 2 aromatic carbocycles. The van der Waals surface area contributed by atoms with Crippen LogP contribution in [0, 0.1) is 11.6 Å². The number of rotatable bonds is 3. The molecule has 2 N–H and O–H groups in total. The van der Waals surface area contributed by atoms with Gasteiger partial charge in [0.05, 0.1) is 12.2 Å². The number of nitrogens with one attached hydrogen (secondary N) is 1. The van der Waals surface area contributed by atoms with Crippen LogP contribution in [0.15, 0.2) is 54.7 Å². The third kappa shape index (κ3) is 5.73. The second-order valence-corrected chi connectivity index (χ2v) is 7.14. The predicted octanol–water partition coefficient (Wildman–Crippen LogP) is 4.59. The molecule has 0 bridgehead atoms. The van der Waals surface area contributed by atoms with Crippen LogP contribution >= 0.6 is 0 Å². The van der Waals surface area contributed by atoms with E-state index >= 15 is 0 Å². The number of benzene rings is 2. The largest absolute Gasteiger partial charge is 0.490 e. The minimum absolute atomic E-state index is 0.149. The SMILES string of the molecule is O=C(NC1CCCc2c1cnn2-c1ccc(F)cc1F)c1ccccc1.O=C(O)C(F)(F)F. The van der Waals surface area contributed by atoms with Crippen molar-refractivity contribution >= 4 is 11.9 Å². The third-order valence-electron chi connectivity index (χ3n) is 4.90. The van der Waals surface area contributed by atoms with Gasteiger partial charge in [0.25, 0.3) is 5.91 Å². The third-order valence-corrected chi connectivity index (χ3v) is 4.90. The predicted molar refractivity (Wildman–Crippen MR) is 107 cm³/mol. The van der Waals surface area contributed by atoms with Crippen molar-refractivity contribution in [3.63, 3.8) is 0 Å². The summed E-state index contributed by atoms with van der Waals surface area (Å²) in [5, 5.41) is 14.5. The van der Waals surface area contributed by atoms with Crippen LogP contribution in [-0.4, -0.2) is 32.9 Å². The van der Waals surface area contributed by atoms with E-state index < -0.39 is 23.8 Å². The Kier molecular flexibility index (Phi) is 7.10. The van der Waals surface area contributed by atoms with Gasteiger partial charge in [0.2, 0.25) is 0 Å². The zero-order valence-corrected chi connectivity index (χ0v) is 16.9. The monoisotopic (exact) mass is 467 g/mol. The molecule has 174 valence electrons. The Labute approximate surface area is 184 Å². The zero-order valence-electron chi connectivity index (χ0n) is 16.9. The van der Waals surface area contributed by atoms with Crippen LogP contribution in [0.1, 0.15) is 40.5 Å². The minimum Gasteiger partial charge on any atom is -0.475 e. The van der Waals surface area contributed by atoms with Crippen molar-refractivity contribution in [1.82, 2.24) is 15.1 Å². The number of hydrogen-bond acceptors (Lipinski definition) is 3. The van der Waals surface area contributed by atoms with Crippen LogP contribution in [0.2, 0.25) is 0 Å². The highest BCUT2D eigenvalue weighted by atomic mass is 19.4. The molecule has 1 atom stereocenters. The van der Waals surface area contributed by atoms with E-state index in [0.717, 1.165) is 36.6 Å². The van der Waals surface area contributed by atoms with Gasteiger partial charge in [-0.05, 0) is 43.5 Å². The number of amides is 1. The van der Waals surface area contributed by atoms with Crippen LogP contribution in [0.25, 0.3) is 5.69 Å². The molecule has 3 aromatic rings. The highest BCUT2D eigenvalue weighted by molar-refractivity contribution is 5.94. The number of halogens is 5. The number of aliphatic carboxylic acids is 1. The first kappa shape index (κ1) is 23.9. The van der Waals surface area contributed by atoms with Gasteiger partial charge in [0.15, 0.2) is 5.82 Å². The quantitative estimate of drug-likeness (QED) is 0.552. The molecular formula is C22H18F5N3O3. The first-order chi connectivity index (χ1) is 15.6. The second kappa shape index (κ2) is 9.80. The van der Waals surface area contributed by atoms with Crippen LogP contribution in [0.4, 0.5) is 22.0 Å². The van der Waals surface area contributed by atoms with Gasteiger partial charge in [-0.25, -0.2) is 18.3 Å². The number of carbonyl (C=O) groups excluding carboxylic acids is 1. The van der Waals surface area contributed by atoms with E-state index in [2.05, 4.69) is 10.4 Å². The zero-order chi connectivity index (χ0) is 24.2. The van der Waals surface area contributed by atoms with E-state index in [9.17, 15) is 26.7 Å². The van der Waals surface area contributed by atoms with Gasteiger partial charge in [-0.1, -0.05) is 18.2 Å². The smallest absolute Gasteiger partial charge is 0.475 e. The Hall–Kier alpha value is -3.76. The molecule has 0 saturated carbocycles. The first-order valence-corrected chi connectivity index (χ1v) is 9.76. The van der Waals surface area contributed by atoms with E-state index in [4.69, 9.17) is 9.90 Å². The van der Waals surface area contributed by atoms with Crippen molar-refractivity contribution in [3.8, 4) is 5.69 Å². The molecule has 1 aromatic heterocycles. The Morgan fingerprint density at radius 2 is 1.76 bits per heavy atom. The van der Waals surface area contributed by atoms with E-state index in [-0.39, 0.29) is 17.6 Å². The maximum Gasteiger partial charge on any atom is 0.490 e. The summed E-state index contributed by atoms with van der Waals surface area (Å²) < 4.78 is 60.6. The van der Waals surface area contributed by atoms with Gasteiger partial charge in [0, 0.05) is 22.9 Å². The maximum absolute atomic E-state index is 14.1. The Morgan fingerprint density at radius 3 is 2.36 bits per heavy atom. The fourth-order valence-electron chi connectivity index (χ4n) is 3.40. The number of hydrogen-bond donors (Lipinski definition) is 2. The number of nitrogens with zero attached hydrogens (tertiary/aromatic N) is 2. The number of alkyl halides is 3. The molecule has 0 fully saturated rings.